The molecule has 2 rings (SSSR count). The summed E-state index contributed by atoms with van der Waals surface area (Å²) in [6.07, 6.45) is 1.37. The molecule has 0 spiro atoms. The molecule has 8 heteroatoms. The molecule has 0 fully saturated rings. The van der Waals surface area contributed by atoms with Crippen LogP contribution in [-0.4, -0.2) is 17.0 Å². The lowest BCUT2D eigenvalue weighted by Gasteiger charge is -2.12. The first-order valence-corrected chi connectivity index (χ1v) is 9.51. The number of rotatable bonds is 6. The lowest BCUT2D eigenvalue weighted by molar-refractivity contribution is -0.134. The maximum atomic E-state index is 13.7. The average molecular weight is 581 g/mol. The quantitative estimate of drug-likeness (QED) is 0.397. The Morgan fingerprint density at radius 3 is 2.38 bits per heavy atom. The van der Waals surface area contributed by atoms with Gasteiger partial charge in [0.15, 0.2) is 0 Å². The molecule has 0 saturated heterocycles. The molecule has 26 heavy (non-hydrogen) atoms. The highest BCUT2D eigenvalue weighted by Gasteiger charge is 2.13. The topological polar surface area (TPSA) is 75.6 Å². The van der Waals surface area contributed by atoms with Gasteiger partial charge < -0.3 is 15.2 Å². The molecule has 0 aliphatic rings. The third-order valence-corrected chi connectivity index (χ3v) is 4.81. The lowest BCUT2D eigenvalue weighted by Crippen LogP contribution is -2.24. The van der Waals surface area contributed by atoms with E-state index in [-0.39, 0.29) is 18.1 Å². The van der Waals surface area contributed by atoms with Crippen molar-refractivity contribution in [2.24, 2.45) is 0 Å². The third kappa shape index (κ3) is 5.66. The van der Waals surface area contributed by atoms with E-state index in [2.05, 4.69) is 50.5 Å². The van der Waals surface area contributed by atoms with Crippen molar-refractivity contribution in [2.45, 2.75) is 13.5 Å². The van der Waals surface area contributed by atoms with Crippen LogP contribution in [0.1, 0.15) is 18.1 Å². The van der Waals surface area contributed by atoms with E-state index in [9.17, 15) is 14.0 Å². The van der Waals surface area contributed by atoms with Crippen LogP contribution >= 0.6 is 45.2 Å². The average Bonchev–Trinajstić information content (AvgIpc) is 2.54. The molecule has 0 unspecified atom stereocenters. The maximum Gasteiger partial charge on any atom is 0.352 e. The Morgan fingerprint density at radius 1 is 1.23 bits per heavy atom. The second kappa shape index (κ2) is 9.31. The van der Waals surface area contributed by atoms with E-state index in [0.29, 0.717) is 16.9 Å². The fourth-order valence-corrected chi connectivity index (χ4v) is 4.20. The molecule has 0 saturated carbocycles. The van der Waals surface area contributed by atoms with Crippen LogP contribution in [0.4, 0.5) is 4.39 Å². The number of carboxylic acid groups (broad SMARTS) is 1. The molecule has 5 nitrogen and oxygen atoms in total. The summed E-state index contributed by atoms with van der Waals surface area (Å²) in [5.41, 5.74) is 0.828. The van der Waals surface area contributed by atoms with Crippen molar-refractivity contribution >= 4 is 63.1 Å². The first kappa shape index (κ1) is 20.6. The summed E-state index contributed by atoms with van der Waals surface area (Å²) >= 11 is 4.13. The van der Waals surface area contributed by atoms with E-state index in [4.69, 9.17) is 9.84 Å². The highest BCUT2D eigenvalue weighted by Crippen LogP contribution is 2.30. The van der Waals surface area contributed by atoms with E-state index in [1.807, 2.05) is 0 Å². The molecule has 136 valence electrons. The summed E-state index contributed by atoms with van der Waals surface area (Å²) in [4.78, 5) is 22.3. The second-order valence-corrected chi connectivity index (χ2v) is 7.56. The number of nitrogens with one attached hydrogen (secondary N) is 1. The minimum atomic E-state index is -1.23. The van der Waals surface area contributed by atoms with Gasteiger partial charge in [0.25, 0.3) is 0 Å². The van der Waals surface area contributed by atoms with Crippen molar-refractivity contribution in [3.8, 4) is 5.75 Å². The Kier molecular flexibility index (Phi) is 7.38. The zero-order valence-corrected chi connectivity index (χ0v) is 17.9. The standard InChI is InChI=1S/C18H14FI2NO4/c1-10(23)22-16(18(24)25)8-11-6-14(20)17(15(21)7-11)26-9-12-4-2-3-5-13(12)19/h2-8H,9H2,1H3,(H,22,23)(H,24,25)/b16-8+. The second-order valence-electron chi connectivity index (χ2n) is 5.24. The van der Waals surface area contributed by atoms with Gasteiger partial charge in [0.2, 0.25) is 5.91 Å². The van der Waals surface area contributed by atoms with Gasteiger partial charge in [-0.2, -0.15) is 0 Å². The number of hydrogen-bond acceptors (Lipinski definition) is 3. The van der Waals surface area contributed by atoms with Crippen molar-refractivity contribution < 1.29 is 23.8 Å². The predicted octanol–water partition coefficient (Wildman–Crippen LogP) is 4.18. The fraction of sp³-hybridized carbons (Fsp3) is 0.111. The van der Waals surface area contributed by atoms with Gasteiger partial charge in [-0.25, -0.2) is 9.18 Å². The number of carboxylic acids is 1. The molecule has 0 aliphatic heterocycles. The minimum absolute atomic E-state index is 0.0835. The first-order chi connectivity index (χ1) is 12.3. The van der Waals surface area contributed by atoms with Gasteiger partial charge in [-0.1, -0.05) is 18.2 Å². The van der Waals surface area contributed by atoms with Crippen LogP contribution in [0.2, 0.25) is 0 Å². The summed E-state index contributed by atoms with van der Waals surface area (Å²) in [5.74, 6) is -1.44. The normalized spacial score (nSPS) is 11.2. The molecule has 0 atom stereocenters. The Labute approximate surface area is 176 Å². The van der Waals surface area contributed by atoms with Gasteiger partial charge in [0.05, 0.1) is 7.14 Å². The van der Waals surface area contributed by atoms with Crippen molar-refractivity contribution in [1.29, 1.82) is 0 Å². The molecule has 2 aromatic carbocycles. The van der Waals surface area contributed by atoms with Crippen LogP contribution in [0.5, 0.6) is 5.75 Å². The molecule has 0 aliphatic carbocycles. The fourth-order valence-electron chi connectivity index (χ4n) is 2.07. The van der Waals surface area contributed by atoms with Crippen LogP contribution in [0.15, 0.2) is 42.1 Å². The van der Waals surface area contributed by atoms with Gasteiger partial charge in [0, 0.05) is 12.5 Å². The van der Waals surface area contributed by atoms with Crippen LogP contribution < -0.4 is 10.1 Å². The summed E-state index contributed by atoms with van der Waals surface area (Å²) in [7, 11) is 0. The van der Waals surface area contributed by atoms with Gasteiger partial charge in [-0.05, 0) is 75.0 Å². The van der Waals surface area contributed by atoms with Crippen LogP contribution in [0, 0.1) is 13.0 Å². The van der Waals surface area contributed by atoms with Crippen LogP contribution in [0.3, 0.4) is 0 Å². The molecule has 0 aromatic heterocycles. The highest BCUT2D eigenvalue weighted by atomic mass is 127. The van der Waals surface area contributed by atoms with Crippen molar-refractivity contribution in [1.82, 2.24) is 5.32 Å². The summed E-state index contributed by atoms with van der Waals surface area (Å²) in [6, 6.07) is 9.83. The Morgan fingerprint density at radius 2 is 1.85 bits per heavy atom. The molecule has 2 N–H and O–H groups in total. The third-order valence-electron chi connectivity index (χ3n) is 3.20. The first-order valence-electron chi connectivity index (χ1n) is 7.35. The smallest absolute Gasteiger partial charge is 0.352 e. The zero-order valence-electron chi connectivity index (χ0n) is 13.6. The summed E-state index contributed by atoms with van der Waals surface area (Å²) < 4.78 is 20.9. The van der Waals surface area contributed by atoms with E-state index in [1.54, 1.807) is 30.3 Å². The molecule has 0 radical (unpaired) electrons. The molecule has 2 aromatic rings. The Bertz CT molecular complexity index is 860. The van der Waals surface area contributed by atoms with Crippen molar-refractivity contribution in [3.63, 3.8) is 0 Å². The molecular weight excluding hydrogens is 567 g/mol. The molecule has 1 amide bonds. The van der Waals surface area contributed by atoms with E-state index >= 15 is 0 Å². The van der Waals surface area contributed by atoms with Crippen molar-refractivity contribution in [2.75, 3.05) is 0 Å². The highest BCUT2D eigenvalue weighted by molar-refractivity contribution is 14.1. The number of aliphatic carboxylic acids is 1. The maximum absolute atomic E-state index is 13.7. The Balaban J connectivity index is 2.26. The largest absolute Gasteiger partial charge is 0.487 e. The number of carbonyl (C=O) groups is 2. The minimum Gasteiger partial charge on any atom is -0.487 e. The number of hydrogen-bond donors (Lipinski definition) is 2. The number of amides is 1. The monoisotopic (exact) mass is 581 g/mol. The van der Waals surface area contributed by atoms with Gasteiger partial charge >= 0.3 is 5.97 Å². The number of carbonyl (C=O) groups excluding carboxylic acids is 1. The van der Waals surface area contributed by atoms with E-state index in [0.717, 1.165) is 7.14 Å². The van der Waals surface area contributed by atoms with E-state index < -0.39 is 11.9 Å². The lowest BCUT2D eigenvalue weighted by atomic mass is 10.2. The number of halogens is 3. The summed E-state index contributed by atoms with van der Waals surface area (Å²) in [5, 5.41) is 11.4. The Hall–Kier alpha value is -1.69. The number of benzene rings is 2. The van der Waals surface area contributed by atoms with E-state index in [1.165, 1.54) is 19.1 Å². The summed E-state index contributed by atoms with van der Waals surface area (Å²) in [6.45, 7) is 1.32. The van der Waals surface area contributed by atoms with Crippen LogP contribution in [-0.2, 0) is 16.2 Å². The molecular formula is C18H14FI2NO4. The van der Waals surface area contributed by atoms with Crippen molar-refractivity contribution in [3.05, 3.63) is 66.2 Å². The van der Waals surface area contributed by atoms with Gasteiger partial charge in [-0.3, -0.25) is 4.79 Å². The van der Waals surface area contributed by atoms with Gasteiger partial charge in [-0.15, -0.1) is 0 Å². The molecule has 0 heterocycles. The number of ether oxygens (including phenoxy) is 1. The zero-order chi connectivity index (χ0) is 19.3. The SMILES string of the molecule is CC(=O)N/C(=C/c1cc(I)c(OCc2ccccc2F)c(I)c1)C(=O)O. The van der Waals surface area contributed by atoms with Gasteiger partial charge in [0.1, 0.15) is 23.9 Å². The van der Waals surface area contributed by atoms with Crippen LogP contribution in [0.25, 0.3) is 6.08 Å². The molecule has 0 bridgehead atoms. The predicted molar refractivity (Wildman–Crippen MR) is 112 cm³/mol.